The van der Waals surface area contributed by atoms with Crippen LogP contribution in [-0.4, -0.2) is 44.9 Å². The minimum Gasteiger partial charge on any atom is -0.379 e. The number of nitrogens with one attached hydrogen (secondary N) is 1. The quantitative estimate of drug-likeness (QED) is 0.805. The van der Waals surface area contributed by atoms with Crippen molar-refractivity contribution in [3.8, 4) is 0 Å². The molecule has 150 valence electrons. The number of hydrogen-bond acceptors (Lipinski definition) is 4. The summed E-state index contributed by atoms with van der Waals surface area (Å²) in [6.45, 7) is 5.26. The summed E-state index contributed by atoms with van der Waals surface area (Å²) in [4.78, 5) is 12.8. The highest BCUT2D eigenvalue weighted by molar-refractivity contribution is 7.89. The Morgan fingerprint density at radius 3 is 2.43 bits per heavy atom. The molecular weight excluding hydrogens is 376 g/mol. The van der Waals surface area contributed by atoms with Gasteiger partial charge in [0, 0.05) is 24.3 Å². The molecule has 0 saturated carbocycles. The maximum Gasteiger partial charge on any atom is 0.255 e. The molecule has 0 radical (unpaired) electrons. The van der Waals surface area contributed by atoms with Gasteiger partial charge in [0.15, 0.2) is 0 Å². The Balaban J connectivity index is 1.81. The molecular formula is C21H26N2O4S. The molecule has 0 bridgehead atoms. The van der Waals surface area contributed by atoms with Gasteiger partial charge < -0.3 is 10.1 Å². The van der Waals surface area contributed by atoms with Gasteiger partial charge in [-0.25, -0.2) is 8.42 Å². The molecule has 1 heterocycles. The highest BCUT2D eigenvalue weighted by Gasteiger charge is 2.28. The standard InChI is InChI=1S/C21H26N2O4S/c1-3-4-17-6-9-19(10-7-17)22-21(24)18-8-5-16(2)20(15-18)28(25,26)23-11-13-27-14-12-23/h5-10,15H,3-4,11-14H2,1-2H3,(H,22,24). The third kappa shape index (κ3) is 4.60. The van der Waals surface area contributed by atoms with Crippen molar-refractivity contribution in [2.45, 2.75) is 31.6 Å². The lowest BCUT2D eigenvalue weighted by atomic mass is 10.1. The third-order valence-electron chi connectivity index (χ3n) is 4.79. The number of rotatable bonds is 6. The van der Waals surface area contributed by atoms with Gasteiger partial charge in [-0.2, -0.15) is 4.31 Å². The summed E-state index contributed by atoms with van der Waals surface area (Å²) in [6, 6.07) is 12.5. The average Bonchev–Trinajstić information content (AvgIpc) is 2.70. The second-order valence-corrected chi connectivity index (χ2v) is 8.80. The van der Waals surface area contributed by atoms with Gasteiger partial charge in [0.25, 0.3) is 5.91 Å². The van der Waals surface area contributed by atoms with Crippen LogP contribution in [0.2, 0.25) is 0 Å². The fourth-order valence-electron chi connectivity index (χ4n) is 3.19. The second-order valence-electron chi connectivity index (χ2n) is 6.90. The molecule has 0 unspecified atom stereocenters. The summed E-state index contributed by atoms with van der Waals surface area (Å²) in [5, 5.41) is 2.84. The third-order valence-corrected chi connectivity index (χ3v) is 6.83. The Bertz CT molecular complexity index is 933. The lowest BCUT2D eigenvalue weighted by Crippen LogP contribution is -2.40. The molecule has 28 heavy (non-hydrogen) atoms. The van der Waals surface area contributed by atoms with E-state index in [2.05, 4.69) is 12.2 Å². The topological polar surface area (TPSA) is 75.7 Å². The van der Waals surface area contributed by atoms with E-state index >= 15 is 0 Å². The summed E-state index contributed by atoms with van der Waals surface area (Å²) < 4.78 is 32.6. The van der Waals surface area contributed by atoms with Gasteiger partial charge in [-0.15, -0.1) is 0 Å². The Hall–Kier alpha value is -2.22. The van der Waals surface area contributed by atoms with Gasteiger partial charge in [0.1, 0.15) is 0 Å². The predicted molar refractivity (Wildman–Crippen MR) is 109 cm³/mol. The normalized spacial score (nSPS) is 15.4. The Kier molecular flexibility index (Phi) is 6.49. The SMILES string of the molecule is CCCc1ccc(NC(=O)c2ccc(C)c(S(=O)(=O)N3CCOCC3)c2)cc1. The van der Waals surface area contributed by atoms with Crippen molar-refractivity contribution in [2.24, 2.45) is 0 Å². The van der Waals surface area contributed by atoms with Crippen molar-refractivity contribution in [1.82, 2.24) is 4.31 Å². The fourth-order valence-corrected chi connectivity index (χ4v) is 4.85. The van der Waals surface area contributed by atoms with Crippen molar-refractivity contribution in [3.63, 3.8) is 0 Å². The Morgan fingerprint density at radius 1 is 1.11 bits per heavy atom. The van der Waals surface area contributed by atoms with E-state index < -0.39 is 10.0 Å². The average molecular weight is 403 g/mol. The van der Waals surface area contributed by atoms with Crippen LogP contribution in [0.3, 0.4) is 0 Å². The van der Waals surface area contributed by atoms with Gasteiger partial charge in [-0.3, -0.25) is 4.79 Å². The largest absolute Gasteiger partial charge is 0.379 e. The molecule has 1 N–H and O–H groups in total. The summed E-state index contributed by atoms with van der Waals surface area (Å²) in [7, 11) is -3.66. The first-order valence-corrected chi connectivity index (χ1v) is 10.9. The maximum absolute atomic E-state index is 13.0. The summed E-state index contributed by atoms with van der Waals surface area (Å²) in [5.41, 5.74) is 2.83. The van der Waals surface area contributed by atoms with E-state index in [9.17, 15) is 13.2 Å². The van der Waals surface area contributed by atoms with Crippen molar-refractivity contribution in [2.75, 3.05) is 31.6 Å². The van der Waals surface area contributed by atoms with Crippen molar-refractivity contribution in [1.29, 1.82) is 0 Å². The number of carbonyl (C=O) groups excluding carboxylic acids is 1. The first kappa shape index (κ1) is 20.5. The number of nitrogens with zero attached hydrogens (tertiary/aromatic N) is 1. The van der Waals surface area contributed by atoms with E-state index in [1.54, 1.807) is 19.1 Å². The van der Waals surface area contributed by atoms with Crippen LogP contribution in [0.25, 0.3) is 0 Å². The number of anilines is 1. The summed E-state index contributed by atoms with van der Waals surface area (Å²) in [6.07, 6.45) is 2.06. The van der Waals surface area contributed by atoms with Crippen LogP contribution in [0, 0.1) is 6.92 Å². The van der Waals surface area contributed by atoms with E-state index in [1.165, 1.54) is 15.9 Å². The number of carbonyl (C=O) groups is 1. The molecule has 3 rings (SSSR count). The zero-order valence-electron chi connectivity index (χ0n) is 16.3. The van der Waals surface area contributed by atoms with Gasteiger partial charge in [-0.05, 0) is 48.7 Å². The lowest BCUT2D eigenvalue weighted by molar-refractivity contribution is 0.0730. The van der Waals surface area contributed by atoms with E-state index in [0.717, 1.165) is 12.8 Å². The zero-order valence-corrected chi connectivity index (χ0v) is 17.1. The number of morpholine rings is 1. The van der Waals surface area contributed by atoms with Crippen molar-refractivity contribution in [3.05, 3.63) is 59.2 Å². The summed E-state index contributed by atoms with van der Waals surface area (Å²) >= 11 is 0. The van der Waals surface area contributed by atoms with Gasteiger partial charge >= 0.3 is 0 Å². The summed E-state index contributed by atoms with van der Waals surface area (Å²) in [5.74, 6) is -0.332. The number of sulfonamides is 1. The number of aryl methyl sites for hydroxylation is 2. The molecule has 0 aromatic heterocycles. The van der Waals surface area contributed by atoms with Gasteiger partial charge in [0.2, 0.25) is 10.0 Å². The highest BCUT2D eigenvalue weighted by Crippen LogP contribution is 2.23. The molecule has 2 aromatic rings. The minimum absolute atomic E-state index is 0.167. The molecule has 1 aliphatic rings. The van der Waals surface area contributed by atoms with E-state index in [4.69, 9.17) is 4.74 Å². The Labute approximate surface area is 166 Å². The van der Waals surface area contributed by atoms with Crippen LogP contribution in [0.5, 0.6) is 0 Å². The van der Waals surface area contributed by atoms with E-state index in [1.807, 2.05) is 24.3 Å². The van der Waals surface area contributed by atoms with E-state index in [0.29, 0.717) is 43.1 Å². The van der Waals surface area contributed by atoms with Crippen LogP contribution in [0.1, 0.15) is 34.8 Å². The molecule has 0 atom stereocenters. The van der Waals surface area contributed by atoms with Gasteiger partial charge in [-0.1, -0.05) is 31.5 Å². The molecule has 2 aromatic carbocycles. The molecule has 1 fully saturated rings. The molecule has 7 heteroatoms. The molecule has 0 aliphatic carbocycles. The number of amides is 1. The zero-order chi connectivity index (χ0) is 20.1. The molecule has 1 saturated heterocycles. The minimum atomic E-state index is -3.66. The molecule has 1 amide bonds. The van der Waals surface area contributed by atoms with Crippen LogP contribution >= 0.6 is 0 Å². The lowest BCUT2D eigenvalue weighted by Gasteiger charge is -2.26. The van der Waals surface area contributed by atoms with Crippen LogP contribution in [0.4, 0.5) is 5.69 Å². The highest BCUT2D eigenvalue weighted by atomic mass is 32.2. The van der Waals surface area contributed by atoms with Crippen LogP contribution in [0.15, 0.2) is 47.4 Å². The monoisotopic (exact) mass is 402 g/mol. The molecule has 1 aliphatic heterocycles. The maximum atomic E-state index is 13.0. The number of benzene rings is 2. The van der Waals surface area contributed by atoms with Crippen LogP contribution in [-0.2, 0) is 21.2 Å². The first-order valence-electron chi connectivity index (χ1n) is 9.50. The van der Waals surface area contributed by atoms with Gasteiger partial charge in [0.05, 0.1) is 18.1 Å². The number of hydrogen-bond donors (Lipinski definition) is 1. The van der Waals surface area contributed by atoms with E-state index in [-0.39, 0.29) is 10.8 Å². The van der Waals surface area contributed by atoms with Crippen LogP contribution < -0.4 is 5.32 Å². The first-order chi connectivity index (χ1) is 13.4. The fraction of sp³-hybridized carbons (Fsp3) is 0.381. The van der Waals surface area contributed by atoms with Crippen molar-refractivity contribution < 1.29 is 17.9 Å². The Morgan fingerprint density at radius 2 is 1.79 bits per heavy atom. The molecule has 6 nitrogen and oxygen atoms in total. The smallest absolute Gasteiger partial charge is 0.255 e. The predicted octanol–water partition coefficient (Wildman–Crippen LogP) is 3.22. The second kappa shape index (κ2) is 8.86. The molecule has 0 spiro atoms. The van der Waals surface area contributed by atoms with Crippen molar-refractivity contribution >= 4 is 21.6 Å². The number of ether oxygens (including phenoxy) is 1.